The number of aromatic hydroxyl groups is 1. The molecular formula is C17H17NO4. The van der Waals surface area contributed by atoms with Crippen LogP contribution in [0.4, 0.5) is 5.69 Å². The lowest BCUT2D eigenvalue weighted by molar-refractivity contribution is -0.145. The Hall–Kier alpha value is -2.82. The van der Waals surface area contributed by atoms with Gasteiger partial charge >= 0.3 is 5.97 Å². The van der Waals surface area contributed by atoms with Gasteiger partial charge in [-0.15, -0.1) is 0 Å². The molecule has 0 heterocycles. The number of nitrogens with zero attached hydrogens (tertiary/aromatic N) is 1. The van der Waals surface area contributed by atoms with Crippen LogP contribution in [0.25, 0.3) is 0 Å². The molecule has 0 aliphatic carbocycles. The lowest BCUT2D eigenvalue weighted by Crippen LogP contribution is -2.34. The van der Waals surface area contributed by atoms with Crippen molar-refractivity contribution in [1.29, 1.82) is 0 Å². The van der Waals surface area contributed by atoms with Crippen molar-refractivity contribution < 1.29 is 19.4 Å². The van der Waals surface area contributed by atoms with E-state index in [-0.39, 0.29) is 18.0 Å². The second-order valence-corrected chi connectivity index (χ2v) is 4.57. The fourth-order valence-corrected chi connectivity index (χ4v) is 2.21. The van der Waals surface area contributed by atoms with Gasteiger partial charge in [0.2, 0.25) is 6.41 Å². The molecule has 22 heavy (non-hydrogen) atoms. The number of benzene rings is 2. The molecule has 0 aliphatic rings. The number of ether oxygens (including phenoxy) is 1. The monoisotopic (exact) mass is 299 g/mol. The number of hydrogen-bond donors (Lipinski definition) is 1. The van der Waals surface area contributed by atoms with Crippen molar-refractivity contribution in [1.82, 2.24) is 0 Å². The van der Waals surface area contributed by atoms with Gasteiger partial charge in [0, 0.05) is 0 Å². The van der Waals surface area contributed by atoms with E-state index in [2.05, 4.69) is 0 Å². The first kappa shape index (κ1) is 15.6. The number of phenolic OH excluding ortho intramolecular Hbond substituents is 1. The molecule has 114 valence electrons. The summed E-state index contributed by atoms with van der Waals surface area (Å²) in [5, 5.41) is 9.97. The van der Waals surface area contributed by atoms with Crippen molar-refractivity contribution in [3.05, 3.63) is 60.2 Å². The number of esters is 1. The standard InChI is InChI=1S/C17H17NO4/c1-2-22-17(21)16(13-8-4-3-5-9-13)18(12-19)14-10-6-7-11-15(14)20/h3-12,16,20H,2H2,1H3/t16-/m0/s1. The number of anilines is 1. The van der Waals surface area contributed by atoms with Crippen LogP contribution in [0.1, 0.15) is 18.5 Å². The summed E-state index contributed by atoms with van der Waals surface area (Å²) in [4.78, 5) is 25.1. The fraction of sp³-hybridized carbons (Fsp3) is 0.176. The highest BCUT2D eigenvalue weighted by molar-refractivity contribution is 5.91. The lowest BCUT2D eigenvalue weighted by Gasteiger charge is -2.27. The van der Waals surface area contributed by atoms with Crippen molar-refractivity contribution in [3.8, 4) is 5.75 Å². The summed E-state index contributed by atoms with van der Waals surface area (Å²) in [6, 6.07) is 14.2. The zero-order valence-electron chi connectivity index (χ0n) is 12.2. The van der Waals surface area contributed by atoms with E-state index >= 15 is 0 Å². The lowest BCUT2D eigenvalue weighted by atomic mass is 10.0. The maximum Gasteiger partial charge on any atom is 0.333 e. The summed E-state index contributed by atoms with van der Waals surface area (Å²) < 4.78 is 5.08. The Bertz CT molecular complexity index is 642. The Morgan fingerprint density at radius 1 is 1.18 bits per heavy atom. The van der Waals surface area contributed by atoms with E-state index < -0.39 is 12.0 Å². The summed E-state index contributed by atoms with van der Waals surface area (Å²) in [6.07, 6.45) is 0.517. The smallest absolute Gasteiger partial charge is 0.333 e. The predicted octanol–water partition coefficient (Wildman–Crippen LogP) is 2.66. The van der Waals surface area contributed by atoms with Crippen molar-refractivity contribution in [2.45, 2.75) is 13.0 Å². The molecule has 5 nitrogen and oxygen atoms in total. The molecule has 0 saturated heterocycles. The molecule has 2 aromatic carbocycles. The highest BCUT2D eigenvalue weighted by Crippen LogP contribution is 2.33. The molecule has 1 atom stereocenters. The van der Waals surface area contributed by atoms with Crippen molar-refractivity contribution in [2.24, 2.45) is 0 Å². The first-order valence-corrected chi connectivity index (χ1v) is 6.92. The number of carbonyl (C=O) groups excluding carboxylic acids is 2. The summed E-state index contributed by atoms with van der Waals surface area (Å²) in [5.74, 6) is -0.635. The Balaban J connectivity index is 2.49. The van der Waals surface area contributed by atoms with Crippen molar-refractivity contribution >= 4 is 18.1 Å². The van der Waals surface area contributed by atoms with Crippen LogP contribution in [0.2, 0.25) is 0 Å². The number of phenols is 1. The number of rotatable bonds is 6. The van der Waals surface area contributed by atoms with Gasteiger partial charge in [-0.05, 0) is 24.6 Å². The maximum absolute atomic E-state index is 12.3. The quantitative estimate of drug-likeness (QED) is 0.658. The third kappa shape index (κ3) is 3.25. The zero-order valence-corrected chi connectivity index (χ0v) is 12.2. The van der Waals surface area contributed by atoms with E-state index in [0.717, 1.165) is 0 Å². The molecule has 0 spiro atoms. The molecule has 1 amide bonds. The topological polar surface area (TPSA) is 66.8 Å². The van der Waals surface area contributed by atoms with Crippen LogP contribution >= 0.6 is 0 Å². The summed E-state index contributed by atoms with van der Waals surface area (Å²) in [7, 11) is 0. The Morgan fingerprint density at radius 3 is 2.41 bits per heavy atom. The molecule has 0 unspecified atom stereocenters. The Labute approximate surface area is 128 Å². The summed E-state index contributed by atoms with van der Waals surface area (Å²) in [6.45, 7) is 1.90. The number of amides is 1. The van der Waals surface area contributed by atoms with Crippen LogP contribution in [-0.4, -0.2) is 24.1 Å². The number of hydrogen-bond acceptors (Lipinski definition) is 4. The minimum atomic E-state index is -0.952. The van der Waals surface area contributed by atoms with Crippen molar-refractivity contribution in [3.63, 3.8) is 0 Å². The highest BCUT2D eigenvalue weighted by atomic mass is 16.5. The molecule has 0 radical (unpaired) electrons. The Morgan fingerprint density at radius 2 is 1.82 bits per heavy atom. The van der Waals surface area contributed by atoms with E-state index in [1.54, 1.807) is 49.4 Å². The molecule has 5 heteroatoms. The van der Waals surface area contributed by atoms with Crippen LogP contribution < -0.4 is 4.90 Å². The summed E-state index contributed by atoms with van der Waals surface area (Å²) in [5.41, 5.74) is 0.857. The fourth-order valence-electron chi connectivity index (χ4n) is 2.21. The number of carbonyl (C=O) groups is 2. The van der Waals surface area contributed by atoms with Gasteiger partial charge in [-0.25, -0.2) is 4.79 Å². The van der Waals surface area contributed by atoms with Crippen molar-refractivity contribution in [2.75, 3.05) is 11.5 Å². The van der Waals surface area contributed by atoms with Gasteiger partial charge in [-0.1, -0.05) is 42.5 Å². The third-order valence-corrected chi connectivity index (χ3v) is 3.18. The average molecular weight is 299 g/mol. The SMILES string of the molecule is CCOC(=O)[C@H](c1ccccc1)N(C=O)c1ccccc1O. The molecule has 0 fully saturated rings. The zero-order chi connectivity index (χ0) is 15.9. The van der Waals surface area contributed by atoms with Crippen LogP contribution in [0.3, 0.4) is 0 Å². The van der Waals surface area contributed by atoms with Crippen LogP contribution in [-0.2, 0) is 14.3 Å². The molecular weight excluding hydrogens is 282 g/mol. The summed E-state index contributed by atoms with van der Waals surface area (Å²) >= 11 is 0. The van der Waals surface area contributed by atoms with Crippen LogP contribution in [0, 0.1) is 0 Å². The molecule has 0 aromatic heterocycles. The number of para-hydroxylation sites is 2. The molecule has 0 aliphatic heterocycles. The van der Waals surface area contributed by atoms with Gasteiger partial charge in [-0.3, -0.25) is 9.69 Å². The predicted molar refractivity (Wildman–Crippen MR) is 82.5 cm³/mol. The third-order valence-electron chi connectivity index (χ3n) is 3.18. The Kier molecular flexibility index (Phi) is 5.14. The largest absolute Gasteiger partial charge is 0.506 e. The van der Waals surface area contributed by atoms with Crippen LogP contribution in [0.5, 0.6) is 5.75 Å². The van der Waals surface area contributed by atoms with E-state index in [1.165, 1.54) is 11.0 Å². The molecule has 2 rings (SSSR count). The van der Waals surface area contributed by atoms with E-state index in [4.69, 9.17) is 4.74 Å². The van der Waals surface area contributed by atoms with Gasteiger partial charge in [0.25, 0.3) is 0 Å². The van der Waals surface area contributed by atoms with Crippen LogP contribution in [0.15, 0.2) is 54.6 Å². The average Bonchev–Trinajstić information content (AvgIpc) is 2.54. The first-order valence-electron chi connectivity index (χ1n) is 6.92. The normalized spacial score (nSPS) is 11.5. The van der Waals surface area contributed by atoms with Gasteiger partial charge in [0.1, 0.15) is 5.75 Å². The minimum absolute atomic E-state index is 0.0835. The first-order chi connectivity index (χ1) is 10.7. The second-order valence-electron chi connectivity index (χ2n) is 4.57. The van der Waals surface area contributed by atoms with Gasteiger partial charge in [0.15, 0.2) is 6.04 Å². The van der Waals surface area contributed by atoms with E-state index in [1.807, 2.05) is 6.07 Å². The van der Waals surface area contributed by atoms with Gasteiger partial charge < -0.3 is 9.84 Å². The maximum atomic E-state index is 12.3. The minimum Gasteiger partial charge on any atom is -0.506 e. The highest BCUT2D eigenvalue weighted by Gasteiger charge is 2.30. The molecule has 1 N–H and O–H groups in total. The molecule has 0 bridgehead atoms. The van der Waals surface area contributed by atoms with E-state index in [0.29, 0.717) is 12.0 Å². The molecule has 0 saturated carbocycles. The van der Waals surface area contributed by atoms with E-state index in [9.17, 15) is 14.7 Å². The molecule has 2 aromatic rings. The van der Waals surface area contributed by atoms with Gasteiger partial charge in [0.05, 0.1) is 12.3 Å². The second kappa shape index (κ2) is 7.26. The van der Waals surface area contributed by atoms with Gasteiger partial charge in [-0.2, -0.15) is 0 Å².